The lowest BCUT2D eigenvalue weighted by Gasteiger charge is -2.12. The Kier molecular flexibility index (Phi) is 5.50. The zero-order chi connectivity index (χ0) is 21.1. The summed E-state index contributed by atoms with van der Waals surface area (Å²) in [6.07, 6.45) is 3.52. The first-order valence-electron chi connectivity index (χ1n) is 9.29. The van der Waals surface area contributed by atoms with Crippen LogP contribution in [-0.4, -0.2) is 33.6 Å². The molecule has 30 heavy (non-hydrogen) atoms. The van der Waals surface area contributed by atoms with Crippen LogP contribution in [0.25, 0.3) is 16.8 Å². The zero-order valence-electron chi connectivity index (χ0n) is 16.0. The molecule has 1 amide bonds. The fourth-order valence-electron chi connectivity index (χ4n) is 3.22. The van der Waals surface area contributed by atoms with Crippen molar-refractivity contribution >= 4 is 51.3 Å². The lowest BCUT2D eigenvalue weighted by atomic mass is 10.0. The number of aliphatic imine (C=N–C) groups is 1. The summed E-state index contributed by atoms with van der Waals surface area (Å²) in [5.41, 5.74) is 1.58. The minimum absolute atomic E-state index is 0.146. The van der Waals surface area contributed by atoms with Crippen molar-refractivity contribution in [3.8, 4) is 0 Å². The van der Waals surface area contributed by atoms with Crippen LogP contribution >= 0.6 is 11.8 Å². The fourth-order valence-corrected chi connectivity index (χ4v) is 4.22. The second-order valence-electron chi connectivity index (χ2n) is 6.63. The van der Waals surface area contributed by atoms with Gasteiger partial charge in [0.15, 0.2) is 5.17 Å². The minimum atomic E-state index is -1.02. The molecule has 1 heterocycles. The van der Waals surface area contributed by atoms with Crippen LogP contribution in [0.2, 0.25) is 0 Å². The van der Waals surface area contributed by atoms with Gasteiger partial charge in [0.1, 0.15) is 0 Å². The average molecular weight is 414 g/mol. The van der Waals surface area contributed by atoms with Crippen LogP contribution < -0.4 is 0 Å². The normalized spacial score (nSPS) is 16.5. The van der Waals surface area contributed by atoms with Gasteiger partial charge < -0.3 is 5.11 Å². The summed E-state index contributed by atoms with van der Waals surface area (Å²) in [7, 11) is 0. The number of nitrogens with zero attached hydrogens (tertiary/aromatic N) is 2. The number of carboxylic acids is 1. The van der Waals surface area contributed by atoms with E-state index in [0.29, 0.717) is 22.3 Å². The number of carboxylic acid groups (broad SMARTS) is 1. The maximum atomic E-state index is 13.0. The van der Waals surface area contributed by atoms with Gasteiger partial charge in [-0.25, -0.2) is 9.79 Å². The number of carbonyl (C=O) groups excluding carboxylic acids is 1. The molecular formula is C24H18N2O3S. The standard InChI is InChI=1S/C24H18N2O3S/c1-2-13-26-22(27)21(15-17-9-5-8-16-7-3-4-12-20(16)17)30-24(26)25-19-11-6-10-18(14-19)23(28)29/h2-12,14-15H,1,13H2,(H,28,29)/b21-15-,25-24?. The number of rotatable bonds is 5. The van der Waals surface area contributed by atoms with E-state index < -0.39 is 5.97 Å². The van der Waals surface area contributed by atoms with Crippen molar-refractivity contribution in [2.45, 2.75) is 0 Å². The molecule has 6 heteroatoms. The Balaban J connectivity index is 1.74. The van der Waals surface area contributed by atoms with E-state index in [0.717, 1.165) is 16.3 Å². The molecular weight excluding hydrogens is 396 g/mol. The third-order valence-corrected chi connectivity index (χ3v) is 5.63. The highest BCUT2D eigenvalue weighted by Gasteiger charge is 2.32. The third-order valence-electron chi connectivity index (χ3n) is 4.63. The number of amidine groups is 1. The highest BCUT2D eigenvalue weighted by molar-refractivity contribution is 8.18. The molecule has 0 bridgehead atoms. The summed E-state index contributed by atoms with van der Waals surface area (Å²) >= 11 is 1.27. The van der Waals surface area contributed by atoms with Crippen LogP contribution in [0.15, 0.2) is 89.3 Å². The summed E-state index contributed by atoms with van der Waals surface area (Å²) in [5, 5.41) is 11.9. The molecule has 0 radical (unpaired) electrons. The van der Waals surface area contributed by atoms with Crippen LogP contribution in [0.1, 0.15) is 15.9 Å². The molecule has 1 N–H and O–H groups in total. The molecule has 0 unspecified atom stereocenters. The van der Waals surface area contributed by atoms with E-state index >= 15 is 0 Å². The number of hydrogen-bond donors (Lipinski definition) is 1. The Hall–Kier alpha value is -3.64. The lowest BCUT2D eigenvalue weighted by molar-refractivity contribution is -0.121. The molecule has 1 fully saturated rings. The first kappa shape index (κ1) is 19.7. The average Bonchev–Trinajstić information content (AvgIpc) is 3.03. The summed E-state index contributed by atoms with van der Waals surface area (Å²) in [4.78, 5) is 30.9. The van der Waals surface area contributed by atoms with Gasteiger partial charge in [-0.1, -0.05) is 54.6 Å². The number of aromatic carboxylic acids is 1. The van der Waals surface area contributed by atoms with E-state index in [2.05, 4.69) is 11.6 Å². The first-order chi connectivity index (χ1) is 14.6. The number of thioether (sulfide) groups is 1. The Morgan fingerprint density at radius 2 is 1.87 bits per heavy atom. The van der Waals surface area contributed by atoms with Crippen molar-refractivity contribution < 1.29 is 14.7 Å². The second-order valence-corrected chi connectivity index (χ2v) is 7.64. The minimum Gasteiger partial charge on any atom is -0.478 e. The smallest absolute Gasteiger partial charge is 0.335 e. The van der Waals surface area contributed by atoms with Crippen molar-refractivity contribution in [1.82, 2.24) is 4.90 Å². The van der Waals surface area contributed by atoms with Gasteiger partial charge >= 0.3 is 5.97 Å². The number of amides is 1. The topological polar surface area (TPSA) is 70.0 Å². The van der Waals surface area contributed by atoms with Crippen molar-refractivity contribution in [3.63, 3.8) is 0 Å². The van der Waals surface area contributed by atoms with Gasteiger partial charge in [0.05, 0.1) is 16.2 Å². The van der Waals surface area contributed by atoms with Crippen LogP contribution in [0.4, 0.5) is 5.69 Å². The Morgan fingerprint density at radius 1 is 1.10 bits per heavy atom. The maximum absolute atomic E-state index is 13.0. The number of fused-ring (bicyclic) bond motifs is 1. The van der Waals surface area contributed by atoms with E-state index in [1.165, 1.54) is 23.9 Å². The van der Waals surface area contributed by atoms with Crippen molar-refractivity contribution in [2.75, 3.05) is 6.54 Å². The molecule has 0 spiro atoms. The SMILES string of the molecule is C=CCN1C(=O)/C(=C/c2cccc3ccccc23)SC1=Nc1cccc(C(=O)O)c1. The van der Waals surface area contributed by atoms with Crippen molar-refractivity contribution in [3.05, 3.63) is 95.4 Å². The lowest BCUT2D eigenvalue weighted by Crippen LogP contribution is -2.29. The van der Waals surface area contributed by atoms with E-state index in [-0.39, 0.29) is 11.5 Å². The first-order valence-corrected chi connectivity index (χ1v) is 10.1. The molecule has 1 saturated heterocycles. The van der Waals surface area contributed by atoms with E-state index in [1.807, 2.05) is 48.5 Å². The van der Waals surface area contributed by atoms with Gasteiger partial charge in [0.25, 0.3) is 5.91 Å². The molecule has 3 aromatic carbocycles. The largest absolute Gasteiger partial charge is 0.478 e. The van der Waals surface area contributed by atoms with Crippen LogP contribution in [0.3, 0.4) is 0 Å². The molecule has 148 valence electrons. The Labute approximate surface area is 178 Å². The molecule has 0 aliphatic carbocycles. The fraction of sp³-hybridized carbons (Fsp3) is 0.0417. The summed E-state index contributed by atoms with van der Waals surface area (Å²) in [6.45, 7) is 4.05. The zero-order valence-corrected chi connectivity index (χ0v) is 16.8. The highest BCUT2D eigenvalue weighted by atomic mass is 32.2. The van der Waals surface area contributed by atoms with Crippen LogP contribution in [-0.2, 0) is 4.79 Å². The number of hydrogen-bond acceptors (Lipinski definition) is 4. The molecule has 0 saturated carbocycles. The molecule has 0 aromatic heterocycles. The van der Waals surface area contributed by atoms with Crippen LogP contribution in [0, 0.1) is 0 Å². The van der Waals surface area contributed by atoms with Crippen LogP contribution in [0.5, 0.6) is 0 Å². The number of benzene rings is 3. The van der Waals surface area contributed by atoms with Crippen molar-refractivity contribution in [2.24, 2.45) is 4.99 Å². The second kappa shape index (κ2) is 8.39. The van der Waals surface area contributed by atoms with Gasteiger partial charge in [0, 0.05) is 6.54 Å². The Bertz CT molecular complexity index is 1220. The molecule has 1 aliphatic heterocycles. The molecule has 4 rings (SSSR count). The quantitative estimate of drug-likeness (QED) is 0.453. The van der Waals surface area contributed by atoms with E-state index in [4.69, 9.17) is 0 Å². The van der Waals surface area contributed by atoms with Gasteiger partial charge in [-0.2, -0.15) is 0 Å². The molecule has 0 atom stereocenters. The molecule has 1 aliphatic rings. The number of carbonyl (C=O) groups is 2. The predicted octanol–water partition coefficient (Wildman–Crippen LogP) is 5.33. The molecule has 5 nitrogen and oxygen atoms in total. The van der Waals surface area contributed by atoms with E-state index in [9.17, 15) is 14.7 Å². The highest BCUT2D eigenvalue weighted by Crippen LogP contribution is 2.35. The van der Waals surface area contributed by atoms with Gasteiger partial charge in [-0.3, -0.25) is 9.69 Å². The predicted molar refractivity (Wildman–Crippen MR) is 122 cm³/mol. The summed E-state index contributed by atoms with van der Waals surface area (Å²) in [5.74, 6) is -1.17. The van der Waals surface area contributed by atoms with E-state index in [1.54, 1.807) is 23.1 Å². The van der Waals surface area contributed by atoms with Gasteiger partial charge in [-0.15, -0.1) is 6.58 Å². The Morgan fingerprint density at radius 3 is 2.67 bits per heavy atom. The summed E-state index contributed by atoms with van der Waals surface area (Å²) in [6, 6.07) is 20.3. The summed E-state index contributed by atoms with van der Waals surface area (Å²) < 4.78 is 0. The van der Waals surface area contributed by atoms with Gasteiger partial charge in [0.2, 0.25) is 0 Å². The maximum Gasteiger partial charge on any atom is 0.335 e. The third kappa shape index (κ3) is 3.90. The molecule has 3 aromatic rings. The monoisotopic (exact) mass is 414 g/mol. The van der Waals surface area contributed by atoms with Crippen molar-refractivity contribution in [1.29, 1.82) is 0 Å². The van der Waals surface area contributed by atoms with Gasteiger partial charge in [-0.05, 0) is 52.4 Å².